The molecule has 0 spiro atoms. The second-order valence-corrected chi connectivity index (χ2v) is 11.9. The first kappa shape index (κ1) is 50.6. The first-order valence-electron chi connectivity index (χ1n) is 13.7. The minimum absolute atomic E-state index is 0. The van der Waals surface area contributed by atoms with Gasteiger partial charge in [0.15, 0.2) is 10.3 Å². The van der Waals surface area contributed by atoms with E-state index in [-0.39, 0.29) is 28.1 Å². The fourth-order valence-corrected chi connectivity index (χ4v) is 4.67. The molecule has 6 aromatic rings. The molecule has 0 amide bonds. The summed E-state index contributed by atoms with van der Waals surface area (Å²) in [6.45, 7) is 17.5. The molecular formula is C31H48Cl2FI2N10O3-. The molecule has 0 radical (unpaired) electrons. The van der Waals surface area contributed by atoms with Gasteiger partial charge in [0.25, 0.3) is 0 Å². The van der Waals surface area contributed by atoms with Crippen molar-refractivity contribution in [2.75, 3.05) is 18.9 Å². The number of aliphatic hydroxyl groups excluding tert-OH is 2. The van der Waals surface area contributed by atoms with Gasteiger partial charge >= 0.3 is 39.3 Å². The monoisotopic (exact) mass is 951 g/mol. The van der Waals surface area contributed by atoms with E-state index in [9.17, 15) is 2.86 Å². The van der Waals surface area contributed by atoms with Crippen LogP contribution in [0, 0.1) is 41.5 Å². The van der Waals surface area contributed by atoms with Gasteiger partial charge in [-0.15, -0.1) is 0 Å². The van der Waals surface area contributed by atoms with Crippen molar-refractivity contribution in [3.8, 4) is 0 Å². The molecule has 0 bridgehead atoms. The van der Waals surface area contributed by atoms with Crippen LogP contribution in [0.3, 0.4) is 0 Å². The third-order valence-electron chi connectivity index (χ3n) is 5.66. The van der Waals surface area contributed by atoms with E-state index in [0.29, 0.717) is 16.1 Å². The van der Waals surface area contributed by atoms with Crippen LogP contribution >= 0.6 is 41.8 Å². The number of hydrogen-bond donors (Lipinski definition) is 3. The zero-order valence-corrected chi connectivity index (χ0v) is 33.2. The number of nitrogen functional groups attached to an aromatic ring is 1. The predicted octanol–water partition coefficient (Wildman–Crippen LogP) is 4.32. The fourth-order valence-electron chi connectivity index (χ4n) is 4.10. The number of aryl methyl sites for hydroxylation is 6. The van der Waals surface area contributed by atoms with Gasteiger partial charge in [-0.2, -0.15) is 0 Å². The average Bonchev–Trinajstić information content (AvgIpc) is 3.61. The number of nitrogens with two attached hydrogens (primary N) is 1. The molecule has 49 heavy (non-hydrogen) atoms. The van der Waals surface area contributed by atoms with Crippen LogP contribution in [-0.4, -0.2) is 73.3 Å². The van der Waals surface area contributed by atoms with Crippen molar-refractivity contribution in [2.45, 2.75) is 70.2 Å². The quantitative estimate of drug-likeness (QED) is 0.186. The number of aliphatic hydroxyl groups is 2. The molecule has 0 atom stereocenters. The van der Waals surface area contributed by atoms with Crippen LogP contribution in [-0.2, 0) is 4.79 Å². The normalized spacial score (nSPS) is 9.27. The summed E-state index contributed by atoms with van der Waals surface area (Å²) in [7, 11) is 0. The molecule has 0 aliphatic carbocycles. The van der Waals surface area contributed by atoms with Crippen LogP contribution in [0.4, 0.5) is 8.68 Å². The van der Waals surface area contributed by atoms with Crippen LogP contribution in [0.1, 0.15) is 63.3 Å². The van der Waals surface area contributed by atoms with Gasteiger partial charge < -0.3 is 20.7 Å². The van der Waals surface area contributed by atoms with Gasteiger partial charge in [-0.25, -0.2) is 29.9 Å². The summed E-state index contributed by atoms with van der Waals surface area (Å²) in [5.41, 5.74) is 11.2. The molecule has 0 aromatic carbocycles. The summed E-state index contributed by atoms with van der Waals surface area (Å²) in [5.74, 6) is 3.35. The van der Waals surface area contributed by atoms with E-state index in [1.165, 1.54) is 0 Å². The fraction of sp³-hybridized carbons (Fsp3) is 0.387. The second kappa shape index (κ2) is 27.0. The van der Waals surface area contributed by atoms with E-state index in [2.05, 4.69) is 29.9 Å². The van der Waals surface area contributed by atoms with E-state index in [1.807, 2.05) is 80.1 Å². The van der Waals surface area contributed by atoms with Crippen molar-refractivity contribution in [3.05, 3.63) is 82.0 Å². The molecule has 4 N–H and O–H groups in total. The summed E-state index contributed by atoms with van der Waals surface area (Å²) in [5, 5.41) is 16.2. The Hall–Kier alpha value is -2.78. The molecule has 0 aliphatic heterocycles. The van der Waals surface area contributed by atoms with E-state index >= 15 is 0 Å². The molecule has 6 aromatic heterocycles. The van der Waals surface area contributed by atoms with E-state index < -0.39 is 17.8 Å². The number of hydrogen-bond acceptors (Lipinski definition) is 10. The SMILES string of the molecule is C.C.C=O.CCO.CCO.Cc1nc(C)n2ccnc(Cl)c12.Cc1nc(C)n2ccnc(Cl)c12.Cc1nc(C)n2ccnc(N)c12.F[I-]I. The molecule has 13 nitrogen and oxygen atoms in total. The van der Waals surface area contributed by atoms with Gasteiger partial charge in [0.1, 0.15) is 46.6 Å². The first-order valence-corrected chi connectivity index (χ1v) is 21.5. The van der Waals surface area contributed by atoms with Gasteiger partial charge in [-0.3, -0.25) is 13.2 Å². The number of nitrogens with zero attached hydrogens (tertiary/aromatic N) is 9. The van der Waals surface area contributed by atoms with Crippen LogP contribution < -0.4 is 23.5 Å². The summed E-state index contributed by atoms with van der Waals surface area (Å²) in [6.07, 6.45) is 10.6. The number of carbonyl (C=O) groups is 1. The number of anilines is 1. The van der Waals surface area contributed by atoms with Crippen molar-refractivity contribution in [1.82, 2.24) is 43.1 Å². The van der Waals surface area contributed by atoms with E-state index in [4.69, 9.17) is 43.9 Å². The van der Waals surface area contributed by atoms with Gasteiger partial charge in [0.2, 0.25) is 0 Å². The summed E-state index contributed by atoms with van der Waals surface area (Å²) in [6, 6.07) is 0. The number of imidazole rings is 3. The van der Waals surface area contributed by atoms with Gasteiger partial charge in [0, 0.05) is 50.4 Å². The molecule has 0 aliphatic rings. The van der Waals surface area contributed by atoms with Crippen LogP contribution in [0.25, 0.3) is 16.6 Å². The van der Waals surface area contributed by atoms with Crippen molar-refractivity contribution in [3.63, 3.8) is 0 Å². The second-order valence-electron chi connectivity index (χ2n) is 8.82. The Labute approximate surface area is 318 Å². The Balaban J connectivity index is -0.000000555. The summed E-state index contributed by atoms with van der Waals surface area (Å²) in [4.78, 5) is 32.8. The summed E-state index contributed by atoms with van der Waals surface area (Å²) >= 11 is 12.6. The third-order valence-corrected chi connectivity index (χ3v) is 6.21. The van der Waals surface area contributed by atoms with Crippen molar-refractivity contribution in [2.24, 2.45) is 0 Å². The Morgan fingerprint density at radius 1 is 0.714 bits per heavy atom. The zero-order valence-electron chi connectivity index (χ0n) is 27.4. The van der Waals surface area contributed by atoms with E-state index in [1.54, 1.807) is 51.1 Å². The minimum atomic E-state index is -0.940. The van der Waals surface area contributed by atoms with Gasteiger partial charge in [-0.1, -0.05) is 38.1 Å². The number of halogens is 5. The molecule has 0 fully saturated rings. The molecule has 18 heteroatoms. The van der Waals surface area contributed by atoms with Gasteiger partial charge in [-0.05, 0) is 55.4 Å². The Bertz CT molecular complexity index is 1600. The Morgan fingerprint density at radius 3 is 1.22 bits per heavy atom. The number of aromatic nitrogens is 9. The molecule has 0 saturated heterocycles. The molecular weight excluding hydrogens is 904 g/mol. The topological polar surface area (TPSA) is 174 Å². The zero-order chi connectivity index (χ0) is 36.3. The van der Waals surface area contributed by atoms with Crippen molar-refractivity contribution < 1.29 is 35.7 Å². The number of rotatable bonds is 0. The van der Waals surface area contributed by atoms with Crippen LogP contribution in [0.15, 0.2) is 37.2 Å². The first-order chi connectivity index (χ1) is 22.3. The molecule has 0 unspecified atom stereocenters. The van der Waals surface area contributed by atoms with Crippen molar-refractivity contribution >= 4 is 71.0 Å². The molecule has 276 valence electrons. The third kappa shape index (κ3) is 14.9. The summed E-state index contributed by atoms with van der Waals surface area (Å²) < 4.78 is 16.2. The van der Waals surface area contributed by atoms with E-state index in [0.717, 1.165) is 51.1 Å². The van der Waals surface area contributed by atoms with Crippen LogP contribution in [0.2, 0.25) is 10.3 Å². The number of carbonyl (C=O) groups excluding carboxylic acids is 1. The Kier molecular flexibility index (Phi) is 27.9. The van der Waals surface area contributed by atoms with Crippen molar-refractivity contribution in [1.29, 1.82) is 0 Å². The maximum atomic E-state index is 10.4. The maximum absolute atomic E-state index is 10.4. The average molecular weight is 953 g/mol. The van der Waals surface area contributed by atoms with Crippen LogP contribution in [0.5, 0.6) is 0 Å². The standard InChI is InChI=1S/2C8H8ClN3.C8H10N4.2C2H6O.CH2O.2CH4.FI2/c3*1-5-7-8(9)10-3-4-12(7)6(2)11-5;2*1-2-3;1-2;;;1-3-2/h2*3-4H,1-2H3;3-4H,1-2H3,(H2,9,10);2*3H,2H2,1H3;1H2;2*1H4;/q;;;;;;;;-1. The molecule has 6 heterocycles. The number of fused-ring (bicyclic) bond motifs is 3. The molecule has 0 saturated carbocycles. The van der Waals surface area contributed by atoms with Gasteiger partial charge in [0.05, 0.1) is 17.1 Å². The Morgan fingerprint density at radius 2 is 0.959 bits per heavy atom. The molecule has 6 rings (SSSR count). The predicted molar refractivity (Wildman–Crippen MR) is 203 cm³/mol.